The first-order valence-electron chi connectivity index (χ1n) is 6.11. The van der Waals surface area contributed by atoms with E-state index in [1.165, 1.54) is 0 Å². The molecule has 5 heteroatoms. The van der Waals surface area contributed by atoms with Gasteiger partial charge in [-0.25, -0.2) is 4.79 Å². The molecule has 0 saturated heterocycles. The normalized spacial score (nSPS) is 10.1. The van der Waals surface area contributed by atoms with Gasteiger partial charge in [0.05, 0.1) is 13.2 Å². The van der Waals surface area contributed by atoms with Gasteiger partial charge in [0, 0.05) is 19.6 Å². The van der Waals surface area contributed by atoms with Crippen LogP contribution < -0.4 is 16.0 Å². The quantitative estimate of drug-likeness (QED) is 0.485. The summed E-state index contributed by atoms with van der Waals surface area (Å²) < 4.78 is 5.31. The van der Waals surface area contributed by atoms with Crippen molar-refractivity contribution >= 4 is 6.03 Å². The van der Waals surface area contributed by atoms with Crippen molar-refractivity contribution in [1.82, 2.24) is 16.0 Å². The summed E-state index contributed by atoms with van der Waals surface area (Å²) >= 11 is 0. The van der Waals surface area contributed by atoms with Gasteiger partial charge in [-0.2, -0.15) is 0 Å². The van der Waals surface area contributed by atoms with E-state index >= 15 is 0 Å². The Morgan fingerprint density at radius 3 is 2.44 bits per heavy atom. The minimum atomic E-state index is -0.108. The third-order valence-corrected chi connectivity index (χ3v) is 2.02. The zero-order valence-corrected chi connectivity index (χ0v) is 10.5. The molecule has 0 rings (SSSR count). The van der Waals surface area contributed by atoms with E-state index in [4.69, 9.17) is 4.74 Å². The Kier molecular flexibility index (Phi) is 11.6. The number of hydrogen-bond acceptors (Lipinski definition) is 3. The molecule has 16 heavy (non-hydrogen) atoms. The third kappa shape index (κ3) is 11.3. The maximum atomic E-state index is 11.2. The molecule has 0 unspecified atom stereocenters. The molecule has 0 aliphatic heterocycles. The highest BCUT2D eigenvalue weighted by Crippen LogP contribution is 1.81. The van der Waals surface area contributed by atoms with Gasteiger partial charge >= 0.3 is 6.03 Å². The number of likely N-dealkylation sites (N-methyl/N-ethyl adjacent to an activating group) is 1. The van der Waals surface area contributed by atoms with Crippen molar-refractivity contribution in [1.29, 1.82) is 0 Å². The largest absolute Gasteiger partial charge is 0.378 e. The number of nitrogens with one attached hydrogen (secondary N) is 3. The first kappa shape index (κ1) is 15.2. The maximum absolute atomic E-state index is 11.2. The second kappa shape index (κ2) is 12.3. The van der Waals surface area contributed by atoms with Crippen molar-refractivity contribution in [2.45, 2.75) is 26.7 Å². The number of carbonyl (C=O) groups excluding carboxylic acids is 1. The van der Waals surface area contributed by atoms with Gasteiger partial charge in [0.1, 0.15) is 0 Å². The van der Waals surface area contributed by atoms with E-state index in [1.807, 2.05) is 0 Å². The number of hydrogen-bond donors (Lipinski definition) is 3. The topological polar surface area (TPSA) is 62.4 Å². The Morgan fingerprint density at radius 1 is 1.06 bits per heavy atom. The Labute approximate surface area is 98.3 Å². The van der Waals surface area contributed by atoms with E-state index in [1.54, 1.807) is 0 Å². The molecule has 0 aromatic carbocycles. The summed E-state index contributed by atoms with van der Waals surface area (Å²) in [6.07, 6.45) is 2.11. The van der Waals surface area contributed by atoms with Gasteiger partial charge in [0.15, 0.2) is 0 Å². The van der Waals surface area contributed by atoms with E-state index < -0.39 is 0 Å². The minimum Gasteiger partial charge on any atom is -0.378 e. The minimum absolute atomic E-state index is 0.108. The molecule has 0 radical (unpaired) electrons. The Balaban J connectivity index is 3.09. The number of amides is 2. The maximum Gasteiger partial charge on any atom is 0.314 e. The fraction of sp³-hybridized carbons (Fsp3) is 0.909. The number of carbonyl (C=O) groups is 1. The van der Waals surface area contributed by atoms with Crippen LogP contribution in [0.2, 0.25) is 0 Å². The van der Waals surface area contributed by atoms with Gasteiger partial charge in [-0.15, -0.1) is 0 Å². The number of rotatable bonds is 10. The number of unbranched alkanes of at least 4 members (excludes halogenated alkanes) is 1. The Bertz CT molecular complexity index is 165. The summed E-state index contributed by atoms with van der Waals surface area (Å²) in [5.74, 6) is 0. The van der Waals surface area contributed by atoms with Crippen molar-refractivity contribution in [2.24, 2.45) is 0 Å². The van der Waals surface area contributed by atoms with Gasteiger partial charge in [-0.1, -0.05) is 20.3 Å². The third-order valence-electron chi connectivity index (χ3n) is 2.02. The summed E-state index contributed by atoms with van der Waals surface area (Å²) in [7, 11) is 0. The SMILES string of the molecule is CCCCNC(=O)NCCOCCNCC. The Hall–Kier alpha value is -0.810. The molecule has 0 aliphatic rings. The monoisotopic (exact) mass is 231 g/mol. The predicted molar refractivity (Wildman–Crippen MR) is 65.7 cm³/mol. The molecule has 0 heterocycles. The zero-order chi connectivity index (χ0) is 12.1. The lowest BCUT2D eigenvalue weighted by atomic mass is 10.3. The van der Waals surface area contributed by atoms with Gasteiger partial charge < -0.3 is 20.7 Å². The molecule has 0 spiro atoms. The summed E-state index contributed by atoms with van der Waals surface area (Å²) in [5, 5.41) is 8.67. The lowest BCUT2D eigenvalue weighted by molar-refractivity contribution is 0.138. The van der Waals surface area contributed by atoms with Crippen LogP contribution in [0.15, 0.2) is 0 Å². The molecule has 3 N–H and O–H groups in total. The van der Waals surface area contributed by atoms with Crippen molar-refractivity contribution in [3.05, 3.63) is 0 Å². The molecule has 0 fully saturated rings. The van der Waals surface area contributed by atoms with Gasteiger partial charge in [0.25, 0.3) is 0 Å². The average Bonchev–Trinajstić information content (AvgIpc) is 2.28. The summed E-state index contributed by atoms with van der Waals surface area (Å²) in [5.41, 5.74) is 0. The van der Waals surface area contributed by atoms with Gasteiger partial charge in [-0.05, 0) is 13.0 Å². The summed E-state index contributed by atoms with van der Waals surface area (Å²) in [4.78, 5) is 11.2. The first-order chi connectivity index (χ1) is 7.81. The van der Waals surface area contributed by atoms with Crippen LogP contribution in [0.3, 0.4) is 0 Å². The van der Waals surface area contributed by atoms with Crippen molar-refractivity contribution in [3.63, 3.8) is 0 Å². The molecular weight excluding hydrogens is 206 g/mol. The molecule has 0 aliphatic carbocycles. The van der Waals surface area contributed by atoms with Crippen molar-refractivity contribution in [3.8, 4) is 0 Å². The van der Waals surface area contributed by atoms with Crippen LogP contribution in [-0.2, 0) is 4.74 Å². The van der Waals surface area contributed by atoms with Gasteiger partial charge in [-0.3, -0.25) is 0 Å². The smallest absolute Gasteiger partial charge is 0.314 e. The molecule has 0 aromatic rings. The predicted octanol–water partition coefficient (Wildman–Crippen LogP) is 0.712. The van der Waals surface area contributed by atoms with E-state index in [0.29, 0.717) is 19.8 Å². The van der Waals surface area contributed by atoms with Crippen molar-refractivity contribution < 1.29 is 9.53 Å². The molecule has 96 valence electrons. The van der Waals surface area contributed by atoms with Crippen LogP contribution in [-0.4, -0.2) is 45.4 Å². The van der Waals surface area contributed by atoms with Crippen LogP contribution in [0.5, 0.6) is 0 Å². The fourth-order valence-corrected chi connectivity index (χ4v) is 1.10. The van der Waals surface area contributed by atoms with Crippen molar-refractivity contribution in [2.75, 3.05) is 39.4 Å². The van der Waals surface area contributed by atoms with Crippen LogP contribution in [0.25, 0.3) is 0 Å². The molecule has 0 saturated carbocycles. The van der Waals surface area contributed by atoms with E-state index in [0.717, 1.165) is 32.5 Å². The van der Waals surface area contributed by atoms with Gasteiger partial charge in [0.2, 0.25) is 0 Å². The van der Waals surface area contributed by atoms with E-state index in [-0.39, 0.29) is 6.03 Å². The highest BCUT2D eigenvalue weighted by molar-refractivity contribution is 5.73. The van der Waals surface area contributed by atoms with E-state index in [2.05, 4.69) is 29.8 Å². The molecular formula is C11H25N3O2. The first-order valence-corrected chi connectivity index (χ1v) is 6.11. The highest BCUT2D eigenvalue weighted by atomic mass is 16.5. The van der Waals surface area contributed by atoms with Crippen LogP contribution in [0.4, 0.5) is 4.79 Å². The second-order valence-electron chi connectivity index (χ2n) is 3.50. The lowest BCUT2D eigenvalue weighted by Crippen LogP contribution is -2.37. The standard InChI is InChI=1S/C11H25N3O2/c1-3-5-6-13-11(15)14-8-10-16-9-7-12-4-2/h12H,3-10H2,1-2H3,(H2,13,14,15). The molecule has 5 nitrogen and oxygen atoms in total. The average molecular weight is 231 g/mol. The Morgan fingerprint density at radius 2 is 1.75 bits per heavy atom. The zero-order valence-electron chi connectivity index (χ0n) is 10.5. The second-order valence-corrected chi connectivity index (χ2v) is 3.50. The molecule has 0 atom stereocenters. The number of ether oxygens (including phenoxy) is 1. The molecule has 2 amide bonds. The highest BCUT2D eigenvalue weighted by Gasteiger charge is 1.97. The van der Waals surface area contributed by atoms with Crippen LogP contribution in [0, 0.1) is 0 Å². The number of urea groups is 1. The fourth-order valence-electron chi connectivity index (χ4n) is 1.10. The van der Waals surface area contributed by atoms with Crippen LogP contribution >= 0.6 is 0 Å². The summed E-state index contributed by atoms with van der Waals surface area (Å²) in [6.45, 7) is 8.52. The molecule has 0 aromatic heterocycles. The van der Waals surface area contributed by atoms with Crippen LogP contribution in [0.1, 0.15) is 26.7 Å². The molecule has 0 bridgehead atoms. The summed E-state index contributed by atoms with van der Waals surface area (Å²) in [6, 6.07) is -0.108. The lowest BCUT2D eigenvalue weighted by Gasteiger charge is -2.07. The van der Waals surface area contributed by atoms with E-state index in [9.17, 15) is 4.79 Å².